The monoisotopic (exact) mass is 1040 g/mol. The summed E-state index contributed by atoms with van der Waals surface area (Å²) in [4.78, 5) is 60.0. The quantitative estimate of drug-likeness (QED) is 0.0456. The zero-order valence-electron chi connectivity index (χ0n) is 38.6. The van der Waals surface area contributed by atoms with Crippen molar-refractivity contribution >= 4 is 79.3 Å². The second-order valence-corrected chi connectivity index (χ2v) is 18.5. The summed E-state index contributed by atoms with van der Waals surface area (Å²) in [6.07, 6.45) is 4.83. The van der Waals surface area contributed by atoms with Crippen LogP contribution in [0.2, 0.25) is 5.02 Å². The molecular formula is C48H49BrClF3N14O3. The second kappa shape index (κ2) is 20.7. The van der Waals surface area contributed by atoms with Gasteiger partial charge in [0.1, 0.15) is 41.6 Å². The van der Waals surface area contributed by atoms with Gasteiger partial charge in [-0.2, -0.15) is 19.6 Å². The minimum Gasteiger partial charge on any atom is -0.486 e. The lowest BCUT2D eigenvalue weighted by Gasteiger charge is -2.33. The third-order valence-electron chi connectivity index (χ3n) is 12.3. The molecule has 1 amide bonds. The highest BCUT2D eigenvalue weighted by Gasteiger charge is 2.28. The highest BCUT2D eigenvalue weighted by atomic mass is 79.9. The van der Waals surface area contributed by atoms with Crippen LogP contribution in [0.3, 0.4) is 0 Å². The maximum absolute atomic E-state index is 15.4. The summed E-state index contributed by atoms with van der Waals surface area (Å²) in [6.45, 7) is 9.58. The smallest absolute Gasteiger partial charge is 0.258 e. The number of piperazine rings is 1. The van der Waals surface area contributed by atoms with Crippen LogP contribution in [0.1, 0.15) is 52.5 Å². The maximum Gasteiger partial charge on any atom is 0.258 e. The number of nitrogens with one attached hydrogen (secondary N) is 4. The van der Waals surface area contributed by atoms with E-state index >= 15 is 13.2 Å². The molecule has 0 radical (unpaired) electrons. The Balaban J connectivity index is 0.956. The molecule has 9 rings (SSSR count). The van der Waals surface area contributed by atoms with E-state index in [1.807, 2.05) is 0 Å². The van der Waals surface area contributed by atoms with Crippen molar-refractivity contribution in [3.05, 3.63) is 117 Å². The minimum absolute atomic E-state index is 0.0307. The molecule has 5 heterocycles. The third kappa shape index (κ3) is 10.4. The van der Waals surface area contributed by atoms with Crippen LogP contribution >= 0.6 is 27.5 Å². The van der Waals surface area contributed by atoms with Gasteiger partial charge in [-0.05, 0) is 103 Å². The number of imidazole rings is 1. The zero-order chi connectivity index (χ0) is 49.2. The summed E-state index contributed by atoms with van der Waals surface area (Å²) in [6, 6.07) is 10.1. The van der Waals surface area contributed by atoms with Crippen LogP contribution in [-0.2, 0) is 11.3 Å². The first-order valence-corrected chi connectivity index (χ1v) is 23.8. The molecule has 2 fully saturated rings. The number of ketones is 1. The number of carbonyl (C=O) groups excluding carboxylic acids is 2. The Hall–Kier alpha value is -6.68. The number of carbonyl (C=O) groups is 2. The van der Waals surface area contributed by atoms with E-state index in [9.17, 15) is 9.59 Å². The van der Waals surface area contributed by atoms with Crippen LogP contribution in [-0.4, -0.2) is 123 Å². The molecule has 3 aromatic carbocycles. The molecule has 1 aliphatic carbocycles. The van der Waals surface area contributed by atoms with Crippen LogP contribution in [0.15, 0.2) is 71.6 Å². The molecule has 0 unspecified atom stereocenters. The Kier molecular flexibility index (Phi) is 14.3. The number of hydrogen-bond donors (Lipinski definition) is 4. The molecule has 7 aromatic rings. The number of rotatable bonds is 19. The van der Waals surface area contributed by atoms with Crippen LogP contribution in [0.25, 0.3) is 27.9 Å². The van der Waals surface area contributed by atoms with Gasteiger partial charge in [-0.25, -0.2) is 28.1 Å². The molecule has 1 aliphatic heterocycles. The van der Waals surface area contributed by atoms with Gasteiger partial charge in [-0.3, -0.25) is 9.59 Å². The second-order valence-electron chi connectivity index (χ2n) is 17.3. The number of ether oxygens (including phenoxy) is 1. The van der Waals surface area contributed by atoms with E-state index < -0.39 is 23.4 Å². The molecule has 364 valence electrons. The van der Waals surface area contributed by atoms with E-state index in [1.54, 1.807) is 41.7 Å². The third-order valence-corrected chi connectivity index (χ3v) is 13.1. The van der Waals surface area contributed by atoms with Gasteiger partial charge in [0.2, 0.25) is 11.9 Å². The lowest BCUT2D eigenvalue weighted by atomic mass is 10.0. The maximum atomic E-state index is 15.4. The Labute approximate surface area is 414 Å². The van der Waals surface area contributed by atoms with Crippen LogP contribution in [0.5, 0.6) is 5.75 Å². The summed E-state index contributed by atoms with van der Waals surface area (Å²) in [7, 11) is 3.82. The number of H-pyrrole nitrogens is 1. The predicted molar refractivity (Wildman–Crippen MR) is 265 cm³/mol. The van der Waals surface area contributed by atoms with Gasteiger partial charge >= 0.3 is 0 Å². The van der Waals surface area contributed by atoms with E-state index in [2.05, 4.69) is 80.3 Å². The first-order valence-electron chi connectivity index (χ1n) is 22.7. The highest BCUT2D eigenvalue weighted by Crippen LogP contribution is 2.41. The average molecular weight is 1040 g/mol. The number of nitrogens with zero attached hydrogens (tertiary/aromatic N) is 10. The molecule has 2 aliphatic rings. The van der Waals surface area contributed by atoms with Crippen molar-refractivity contribution in [2.45, 2.75) is 38.6 Å². The number of hydrogen-bond acceptors (Lipinski definition) is 14. The molecular weight excluding hydrogens is 993 g/mol. The van der Waals surface area contributed by atoms with Gasteiger partial charge < -0.3 is 40.4 Å². The average Bonchev–Trinajstić information content (AvgIpc) is 4.02. The van der Waals surface area contributed by atoms with E-state index in [0.717, 1.165) is 37.6 Å². The largest absolute Gasteiger partial charge is 0.486 e. The molecule has 1 saturated heterocycles. The van der Waals surface area contributed by atoms with Gasteiger partial charge in [0.25, 0.3) is 5.91 Å². The topological polar surface area (TPSA) is 187 Å². The Morgan fingerprint density at radius 2 is 1.83 bits per heavy atom. The van der Waals surface area contributed by atoms with Gasteiger partial charge in [0.15, 0.2) is 28.8 Å². The minimum atomic E-state index is -0.727. The van der Waals surface area contributed by atoms with E-state index in [1.165, 1.54) is 30.6 Å². The van der Waals surface area contributed by atoms with Gasteiger partial charge in [0.05, 0.1) is 33.3 Å². The van der Waals surface area contributed by atoms with Crippen molar-refractivity contribution in [1.29, 1.82) is 0 Å². The summed E-state index contributed by atoms with van der Waals surface area (Å²) >= 11 is 9.69. The summed E-state index contributed by atoms with van der Waals surface area (Å²) in [5.74, 6) is -1.10. The number of amides is 1. The molecule has 17 nitrogen and oxygen atoms in total. The molecule has 4 aromatic heterocycles. The molecule has 0 bridgehead atoms. The fourth-order valence-electron chi connectivity index (χ4n) is 8.20. The van der Waals surface area contributed by atoms with Crippen molar-refractivity contribution in [3.8, 4) is 17.0 Å². The first kappa shape index (κ1) is 48.3. The predicted octanol–water partition coefficient (Wildman–Crippen LogP) is 7.71. The Bertz CT molecular complexity index is 3140. The van der Waals surface area contributed by atoms with Crippen molar-refractivity contribution in [1.82, 2.24) is 49.7 Å². The fraction of sp³-hybridized carbons (Fsp3) is 0.333. The number of likely N-dealkylation sites (N-methyl/N-ethyl adjacent to an activating group) is 2. The van der Waals surface area contributed by atoms with Crippen molar-refractivity contribution < 1.29 is 27.5 Å². The number of fused-ring (bicyclic) bond motifs is 2. The summed E-state index contributed by atoms with van der Waals surface area (Å²) in [5.41, 5.74) is 3.00. The van der Waals surface area contributed by atoms with Gasteiger partial charge in [-0.1, -0.05) is 24.2 Å². The number of anilines is 4. The summed E-state index contributed by atoms with van der Waals surface area (Å²) in [5, 5.41) is 13.4. The molecule has 70 heavy (non-hydrogen) atoms. The lowest BCUT2D eigenvalue weighted by molar-refractivity contribution is -0.115. The van der Waals surface area contributed by atoms with Gasteiger partial charge in [-0.15, -0.1) is 0 Å². The van der Waals surface area contributed by atoms with Crippen LogP contribution in [0.4, 0.5) is 36.6 Å². The Morgan fingerprint density at radius 1 is 1.03 bits per heavy atom. The fourth-order valence-corrected chi connectivity index (χ4v) is 8.70. The molecule has 22 heteroatoms. The van der Waals surface area contributed by atoms with Crippen molar-refractivity contribution in [2.24, 2.45) is 0 Å². The summed E-state index contributed by atoms with van der Waals surface area (Å²) < 4.78 is 54.1. The van der Waals surface area contributed by atoms with Crippen molar-refractivity contribution in [3.63, 3.8) is 0 Å². The van der Waals surface area contributed by atoms with Crippen LogP contribution < -0.4 is 30.5 Å². The van der Waals surface area contributed by atoms with E-state index in [-0.39, 0.29) is 83.1 Å². The number of halogens is 5. The Morgan fingerprint density at radius 3 is 2.59 bits per heavy atom. The number of aromatic amines is 1. The van der Waals surface area contributed by atoms with E-state index in [4.69, 9.17) is 26.3 Å². The van der Waals surface area contributed by atoms with Crippen molar-refractivity contribution in [2.75, 3.05) is 86.9 Å². The molecule has 4 N–H and O–H groups in total. The highest BCUT2D eigenvalue weighted by molar-refractivity contribution is 9.10. The molecule has 0 atom stereocenters. The zero-order valence-corrected chi connectivity index (χ0v) is 40.9. The number of Topliss-reactive ketones (excluding diaryl/α,β-unsaturated/α-hetero) is 1. The van der Waals surface area contributed by atoms with Crippen LogP contribution in [0, 0.1) is 24.4 Å². The number of aromatic nitrogens is 8. The molecule has 0 spiro atoms. The SMILES string of the molecule is C=C(CN(Cc1nc2c(F)c(Cl)ccc2[nH]1)c1nc(N2CCN(C)CC2)nc2c(Br)cnn12)C(=O)CCNc1ncnc(-c2cc(F)cc(NC(=O)c3ccc(C4CC4)cc3F)c2C)c1OCCNC. The lowest BCUT2D eigenvalue weighted by Crippen LogP contribution is -2.45. The first-order chi connectivity index (χ1) is 33.8. The van der Waals surface area contributed by atoms with E-state index in [0.29, 0.717) is 70.0 Å². The standard InChI is InChI=1S/C48H49BrClF3N14O3/c1-26(23-66(24-39-59-36-10-9-34(50)40(53)42(36)61-39)48-63-47(65-16-14-64(4)15-17-65)62-45-33(49)22-58-67(45)48)38(68)11-12-55-44-43(70-18-13-54-3)41(56-25-57-44)32-20-30(51)21-37(27(32)2)60-46(69)31-8-7-29(19-35(31)52)28-5-6-28/h7-10,19-22,25,28,54H,1,5-6,11-18,23-24H2,2-4H3,(H,59,61)(H,60,69)(H,55,56,57). The normalized spacial score (nSPS) is 14.1. The van der Waals surface area contributed by atoms with Gasteiger partial charge in [0, 0.05) is 69.1 Å². The molecule has 1 saturated carbocycles. The number of benzene rings is 3.